The van der Waals surface area contributed by atoms with Crippen LogP contribution in [0.5, 0.6) is 0 Å². The Kier molecular flexibility index (Phi) is 5.62. The Morgan fingerprint density at radius 2 is 1.80 bits per heavy atom. The summed E-state index contributed by atoms with van der Waals surface area (Å²) >= 11 is 0. The van der Waals surface area contributed by atoms with E-state index in [2.05, 4.69) is 5.32 Å². The van der Waals surface area contributed by atoms with E-state index in [9.17, 15) is 18.0 Å². The lowest BCUT2D eigenvalue weighted by molar-refractivity contribution is -0.130. The molecule has 20 heavy (non-hydrogen) atoms. The van der Waals surface area contributed by atoms with Crippen LogP contribution in [-0.4, -0.2) is 42.4 Å². The number of hydrogen-bond donors (Lipinski definition) is 4. The third kappa shape index (κ3) is 5.34. The highest BCUT2D eigenvalue weighted by Crippen LogP contribution is 2.12. The average Bonchev–Trinajstić information content (AvgIpc) is 2.42. The molecule has 4 N–H and O–H groups in total. The molecular formula is C11H14N2O6S. The smallest absolute Gasteiger partial charge is 0.283 e. The minimum atomic E-state index is -4.36. The minimum absolute atomic E-state index is 0.405. The summed E-state index contributed by atoms with van der Waals surface area (Å²) in [6, 6.07) is 6.89. The summed E-state index contributed by atoms with van der Waals surface area (Å²) in [7, 11) is -4.36. The zero-order chi connectivity index (χ0) is 15.2. The van der Waals surface area contributed by atoms with Crippen LogP contribution < -0.4 is 10.6 Å². The van der Waals surface area contributed by atoms with Crippen LogP contribution >= 0.6 is 0 Å². The molecule has 0 unspecified atom stereocenters. The molecular weight excluding hydrogens is 288 g/mol. The molecule has 1 atom stereocenters. The summed E-state index contributed by atoms with van der Waals surface area (Å²) in [4.78, 5) is 23.1. The SMILES string of the molecule is O=C(CO)N[C@@H](C(=O)NCS(=O)(=O)O)c1ccccc1. The minimum Gasteiger partial charge on any atom is -0.387 e. The number of aliphatic hydroxyl groups excluding tert-OH is 1. The highest BCUT2D eigenvalue weighted by atomic mass is 32.2. The number of rotatable bonds is 6. The lowest BCUT2D eigenvalue weighted by atomic mass is 10.1. The number of aliphatic hydroxyl groups is 1. The van der Waals surface area contributed by atoms with Gasteiger partial charge in [-0.3, -0.25) is 14.1 Å². The molecule has 0 bridgehead atoms. The van der Waals surface area contributed by atoms with Crippen LogP contribution in [0.2, 0.25) is 0 Å². The Balaban J connectivity index is 2.87. The van der Waals surface area contributed by atoms with Crippen LogP contribution in [0.3, 0.4) is 0 Å². The van der Waals surface area contributed by atoms with Crippen molar-refractivity contribution in [2.24, 2.45) is 0 Å². The number of carbonyl (C=O) groups excluding carboxylic acids is 2. The lowest BCUT2D eigenvalue weighted by Gasteiger charge is -2.17. The summed E-state index contributed by atoms with van der Waals surface area (Å²) in [5.74, 6) is -2.58. The first kappa shape index (κ1) is 16.1. The molecule has 0 aliphatic carbocycles. The number of hydrogen-bond acceptors (Lipinski definition) is 5. The van der Waals surface area contributed by atoms with Crippen molar-refractivity contribution < 1.29 is 27.7 Å². The van der Waals surface area contributed by atoms with Gasteiger partial charge in [0.2, 0.25) is 11.8 Å². The Bertz CT molecular complexity index is 572. The van der Waals surface area contributed by atoms with Gasteiger partial charge in [-0.1, -0.05) is 30.3 Å². The van der Waals surface area contributed by atoms with Crippen LogP contribution in [-0.2, 0) is 19.7 Å². The van der Waals surface area contributed by atoms with Crippen molar-refractivity contribution in [1.29, 1.82) is 0 Å². The van der Waals surface area contributed by atoms with Gasteiger partial charge in [-0.05, 0) is 5.56 Å². The van der Waals surface area contributed by atoms with Crippen molar-refractivity contribution in [1.82, 2.24) is 10.6 Å². The lowest BCUT2D eigenvalue weighted by Crippen LogP contribution is -2.42. The normalized spacial score (nSPS) is 12.5. The van der Waals surface area contributed by atoms with Crippen LogP contribution in [0.1, 0.15) is 11.6 Å². The summed E-state index contributed by atoms with van der Waals surface area (Å²) in [5, 5.41) is 12.9. The van der Waals surface area contributed by atoms with E-state index in [-0.39, 0.29) is 0 Å². The zero-order valence-electron chi connectivity index (χ0n) is 10.3. The first-order valence-corrected chi connectivity index (χ1v) is 7.12. The van der Waals surface area contributed by atoms with Gasteiger partial charge in [0.05, 0.1) is 0 Å². The molecule has 1 aromatic carbocycles. The standard InChI is InChI=1S/C11H14N2O6S/c14-6-9(15)13-10(8-4-2-1-3-5-8)11(16)12-7-20(17,18)19/h1-5,10,14H,6-7H2,(H,12,16)(H,13,15)(H,17,18,19)/t10-/m1/s1. The molecule has 0 radical (unpaired) electrons. The highest BCUT2D eigenvalue weighted by Gasteiger charge is 2.23. The van der Waals surface area contributed by atoms with Crippen molar-refractivity contribution in [3.8, 4) is 0 Å². The second kappa shape index (κ2) is 6.98. The molecule has 1 rings (SSSR count). The van der Waals surface area contributed by atoms with Crippen LogP contribution in [0.25, 0.3) is 0 Å². The fourth-order valence-electron chi connectivity index (χ4n) is 1.42. The maximum absolute atomic E-state index is 11.9. The van der Waals surface area contributed by atoms with E-state index in [0.29, 0.717) is 5.56 Å². The largest absolute Gasteiger partial charge is 0.387 e. The molecule has 0 aliphatic heterocycles. The first-order chi connectivity index (χ1) is 9.33. The van der Waals surface area contributed by atoms with Gasteiger partial charge in [-0.15, -0.1) is 0 Å². The topological polar surface area (TPSA) is 133 Å². The fourth-order valence-corrected chi connectivity index (χ4v) is 1.74. The monoisotopic (exact) mass is 302 g/mol. The summed E-state index contributed by atoms with van der Waals surface area (Å²) in [6.45, 7) is -0.811. The maximum Gasteiger partial charge on any atom is 0.283 e. The van der Waals surface area contributed by atoms with Gasteiger partial charge in [0, 0.05) is 0 Å². The molecule has 0 saturated heterocycles. The van der Waals surface area contributed by atoms with E-state index in [1.807, 2.05) is 5.32 Å². The van der Waals surface area contributed by atoms with Gasteiger partial charge in [0.1, 0.15) is 18.5 Å². The Morgan fingerprint density at radius 1 is 1.20 bits per heavy atom. The summed E-state index contributed by atoms with van der Waals surface area (Å²) in [5.41, 5.74) is 0.405. The molecule has 9 heteroatoms. The van der Waals surface area contributed by atoms with Crippen LogP contribution in [0.15, 0.2) is 30.3 Å². The van der Waals surface area contributed by atoms with E-state index >= 15 is 0 Å². The molecule has 1 aromatic rings. The predicted octanol–water partition coefficient (Wildman–Crippen LogP) is -1.20. The fraction of sp³-hybridized carbons (Fsp3) is 0.273. The Hall–Kier alpha value is -1.97. The van der Waals surface area contributed by atoms with Crippen LogP contribution in [0, 0.1) is 0 Å². The average molecular weight is 302 g/mol. The number of carbonyl (C=O) groups is 2. The molecule has 0 aliphatic rings. The molecule has 0 fully saturated rings. The van der Waals surface area contributed by atoms with Gasteiger partial charge in [0.25, 0.3) is 10.1 Å². The second-order valence-electron chi connectivity index (χ2n) is 3.84. The molecule has 2 amide bonds. The molecule has 110 valence electrons. The van der Waals surface area contributed by atoms with Crippen LogP contribution in [0.4, 0.5) is 0 Å². The van der Waals surface area contributed by atoms with E-state index in [0.717, 1.165) is 0 Å². The summed E-state index contributed by atoms with van der Waals surface area (Å²) in [6.07, 6.45) is 0. The number of nitrogens with one attached hydrogen (secondary N) is 2. The quantitative estimate of drug-likeness (QED) is 0.488. The third-order valence-corrected chi connectivity index (χ3v) is 2.78. The number of amides is 2. The van der Waals surface area contributed by atoms with Crippen molar-refractivity contribution in [2.75, 3.05) is 12.5 Å². The van der Waals surface area contributed by atoms with E-state index in [1.54, 1.807) is 30.3 Å². The van der Waals surface area contributed by atoms with Gasteiger partial charge >= 0.3 is 0 Å². The van der Waals surface area contributed by atoms with Crippen molar-refractivity contribution in [3.05, 3.63) is 35.9 Å². The Morgan fingerprint density at radius 3 is 2.30 bits per heavy atom. The first-order valence-electron chi connectivity index (χ1n) is 5.51. The van der Waals surface area contributed by atoms with Gasteiger partial charge in [0.15, 0.2) is 0 Å². The molecule has 0 heterocycles. The molecule has 0 spiro atoms. The van der Waals surface area contributed by atoms with Crippen molar-refractivity contribution >= 4 is 21.9 Å². The van der Waals surface area contributed by atoms with Gasteiger partial charge in [-0.2, -0.15) is 8.42 Å². The molecule has 0 aromatic heterocycles. The predicted molar refractivity (Wildman–Crippen MR) is 69.0 cm³/mol. The Labute approximate surface area is 115 Å². The van der Waals surface area contributed by atoms with Gasteiger partial charge < -0.3 is 15.7 Å². The highest BCUT2D eigenvalue weighted by molar-refractivity contribution is 7.85. The van der Waals surface area contributed by atoms with E-state index < -0.39 is 40.5 Å². The molecule has 0 saturated carbocycles. The summed E-state index contributed by atoms with van der Waals surface area (Å²) < 4.78 is 29.8. The second-order valence-corrected chi connectivity index (χ2v) is 5.29. The van der Waals surface area contributed by atoms with Gasteiger partial charge in [-0.25, -0.2) is 0 Å². The van der Waals surface area contributed by atoms with E-state index in [4.69, 9.17) is 9.66 Å². The third-order valence-electron chi connectivity index (χ3n) is 2.27. The number of benzene rings is 1. The zero-order valence-corrected chi connectivity index (χ0v) is 11.1. The maximum atomic E-state index is 11.9. The van der Waals surface area contributed by atoms with E-state index in [1.165, 1.54) is 0 Å². The van der Waals surface area contributed by atoms with Crippen molar-refractivity contribution in [3.63, 3.8) is 0 Å². The molecule has 8 nitrogen and oxygen atoms in total. The van der Waals surface area contributed by atoms with Crippen molar-refractivity contribution in [2.45, 2.75) is 6.04 Å².